The van der Waals surface area contributed by atoms with Gasteiger partial charge in [0, 0.05) is 33.1 Å². The molecule has 5 nitrogen and oxygen atoms in total. The molecule has 0 aliphatic carbocycles. The summed E-state index contributed by atoms with van der Waals surface area (Å²) in [5, 5.41) is 3.18. The molecule has 4 rings (SSSR count). The third-order valence-corrected chi connectivity index (χ3v) is 7.38. The fraction of sp³-hybridized carbons (Fsp3) is 0.308. The van der Waals surface area contributed by atoms with Crippen molar-refractivity contribution in [2.75, 3.05) is 19.7 Å². The number of thiophene rings is 1. The molecule has 2 amide bonds. The molecule has 0 N–H and O–H groups in total. The first-order valence-corrected chi connectivity index (χ1v) is 12.8. The van der Waals surface area contributed by atoms with Gasteiger partial charge in [-0.25, -0.2) is 0 Å². The highest BCUT2D eigenvalue weighted by Crippen LogP contribution is 2.34. The van der Waals surface area contributed by atoms with Crippen molar-refractivity contribution in [1.82, 2.24) is 9.80 Å². The summed E-state index contributed by atoms with van der Waals surface area (Å²) in [6.07, 6.45) is 0.792. The van der Waals surface area contributed by atoms with Gasteiger partial charge in [0.05, 0.1) is 6.04 Å². The molecule has 0 bridgehead atoms. The van der Waals surface area contributed by atoms with Crippen molar-refractivity contribution >= 4 is 46.4 Å². The second-order valence-electron chi connectivity index (χ2n) is 8.45. The zero-order chi connectivity index (χ0) is 24.2. The van der Waals surface area contributed by atoms with E-state index in [1.165, 1.54) is 4.88 Å². The van der Waals surface area contributed by atoms with Crippen LogP contribution < -0.4 is 4.74 Å². The molecule has 8 heteroatoms. The summed E-state index contributed by atoms with van der Waals surface area (Å²) in [6.45, 7) is 4.70. The number of nitrogens with zero attached hydrogens (tertiary/aromatic N) is 2. The molecule has 0 fully saturated rings. The molecule has 0 unspecified atom stereocenters. The number of benzene rings is 2. The number of rotatable bonds is 7. The van der Waals surface area contributed by atoms with Gasteiger partial charge in [0.2, 0.25) is 5.91 Å². The Labute approximate surface area is 213 Å². The van der Waals surface area contributed by atoms with Gasteiger partial charge in [0.1, 0.15) is 18.9 Å². The molecule has 178 valence electrons. The SMILES string of the molecule is CC(C)N(CC(=O)N1CCc2sccc2[C@H]1COc1ccc(Cl)cc1)C(=O)c1cccc(Cl)c1. The minimum absolute atomic E-state index is 0.0140. The maximum absolute atomic E-state index is 13.6. The van der Waals surface area contributed by atoms with E-state index in [9.17, 15) is 9.59 Å². The summed E-state index contributed by atoms with van der Waals surface area (Å²) in [4.78, 5) is 31.4. The number of carbonyl (C=O) groups excluding carboxylic acids is 2. The van der Waals surface area contributed by atoms with E-state index < -0.39 is 0 Å². The third-order valence-electron chi connectivity index (χ3n) is 5.90. The van der Waals surface area contributed by atoms with Gasteiger partial charge in [0.25, 0.3) is 5.91 Å². The molecule has 0 saturated heterocycles. The molecular weight excluding hydrogens is 491 g/mol. The summed E-state index contributed by atoms with van der Waals surface area (Å²) in [6, 6.07) is 15.7. The van der Waals surface area contributed by atoms with Crippen molar-refractivity contribution in [3.63, 3.8) is 0 Å². The van der Waals surface area contributed by atoms with Crippen LogP contribution in [0.1, 0.15) is 40.7 Å². The molecule has 0 spiro atoms. The fourth-order valence-electron chi connectivity index (χ4n) is 4.09. The first-order chi connectivity index (χ1) is 16.3. The van der Waals surface area contributed by atoms with Crippen LogP contribution in [0, 0.1) is 0 Å². The van der Waals surface area contributed by atoms with Crippen LogP contribution in [-0.4, -0.2) is 47.4 Å². The van der Waals surface area contributed by atoms with Crippen molar-refractivity contribution in [3.8, 4) is 5.75 Å². The topological polar surface area (TPSA) is 49.9 Å². The molecule has 2 aromatic carbocycles. The van der Waals surface area contributed by atoms with Crippen LogP contribution in [0.2, 0.25) is 10.0 Å². The second-order valence-corrected chi connectivity index (χ2v) is 10.3. The van der Waals surface area contributed by atoms with Crippen LogP contribution in [0.4, 0.5) is 0 Å². The van der Waals surface area contributed by atoms with Crippen molar-refractivity contribution in [3.05, 3.63) is 86.0 Å². The van der Waals surface area contributed by atoms with Crippen LogP contribution in [0.3, 0.4) is 0 Å². The highest BCUT2D eigenvalue weighted by Gasteiger charge is 2.34. The number of amides is 2. The molecule has 1 aliphatic heterocycles. The summed E-state index contributed by atoms with van der Waals surface area (Å²) in [5.74, 6) is 0.373. The summed E-state index contributed by atoms with van der Waals surface area (Å²) in [7, 11) is 0. The lowest BCUT2D eigenvalue weighted by Gasteiger charge is -2.37. The maximum atomic E-state index is 13.6. The highest BCUT2D eigenvalue weighted by atomic mass is 35.5. The zero-order valence-electron chi connectivity index (χ0n) is 19.0. The maximum Gasteiger partial charge on any atom is 0.254 e. The molecule has 1 atom stereocenters. The fourth-order valence-corrected chi connectivity index (χ4v) is 5.34. The smallest absolute Gasteiger partial charge is 0.254 e. The van der Waals surface area contributed by atoms with E-state index in [4.69, 9.17) is 27.9 Å². The van der Waals surface area contributed by atoms with E-state index in [0.29, 0.717) is 34.5 Å². The Balaban J connectivity index is 1.53. The Kier molecular flexibility index (Phi) is 7.81. The average Bonchev–Trinajstić information content (AvgIpc) is 3.30. The largest absolute Gasteiger partial charge is 0.491 e. The lowest BCUT2D eigenvalue weighted by atomic mass is 10.00. The van der Waals surface area contributed by atoms with Crippen molar-refractivity contribution in [2.45, 2.75) is 32.4 Å². The molecular formula is C26H26Cl2N2O3S. The number of hydrogen-bond acceptors (Lipinski definition) is 4. The minimum atomic E-state index is -0.228. The van der Waals surface area contributed by atoms with Gasteiger partial charge >= 0.3 is 0 Å². The van der Waals surface area contributed by atoms with Crippen LogP contribution in [-0.2, 0) is 11.2 Å². The molecule has 2 heterocycles. The van der Waals surface area contributed by atoms with Crippen LogP contribution >= 0.6 is 34.5 Å². The van der Waals surface area contributed by atoms with Crippen molar-refractivity contribution < 1.29 is 14.3 Å². The summed E-state index contributed by atoms with van der Waals surface area (Å²) < 4.78 is 6.05. The van der Waals surface area contributed by atoms with E-state index in [-0.39, 0.29) is 30.4 Å². The number of halogens is 2. The standard InChI is InChI=1S/C26H26Cl2N2O3S/c1-17(2)30(26(32)18-4-3-5-20(28)14-18)15-25(31)29-12-10-24-22(11-13-34-24)23(29)16-33-21-8-6-19(27)7-9-21/h3-9,11,13-14,17,23H,10,12,15-16H2,1-2H3/t23-/m1/s1. The monoisotopic (exact) mass is 516 g/mol. The van der Waals surface area contributed by atoms with E-state index in [1.807, 2.05) is 30.9 Å². The molecule has 1 aromatic heterocycles. The summed E-state index contributed by atoms with van der Waals surface area (Å²) >= 11 is 13.8. The van der Waals surface area contributed by atoms with Gasteiger partial charge in [-0.05, 0) is 79.7 Å². The Morgan fingerprint density at radius 1 is 1.12 bits per heavy atom. The van der Waals surface area contributed by atoms with Crippen LogP contribution in [0.15, 0.2) is 60.0 Å². The number of fused-ring (bicyclic) bond motifs is 1. The average molecular weight is 517 g/mol. The van der Waals surface area contributed by atoms with Gasteiger partial charge < -0.3 is 14.5 Å². The Bertz CT molecular complexity index is 1160. The van der Waals surface area contributed by atoms with Gasteiger partial charge in [-0.15, -0.1) is 11.3 Å². The minimum Gasteiger partial charge on any atom is -0.491 e. The normalized spacial score (nSPS) is 15.2. The van der Waals surface area contributed by atoms with Gasteiger partial charge in [-0.1, -0.05) is 29.3 Å². The first kappa shape index (κ1) is 24.6. The third kappa shape index (κ3) is 5.57. The molecule has 0 saturated carbocycles. The number of ether oxygens (including phenoxy) is 1. The lowest BCUT2D eigenvalue weighted by Crippen LogP contribution is -2.49. The van der Waals surface area contributed by atoms with Gasteiger partial charge in [-0.3, -0.25) is 9.59 Å². The Morgan fingerprint density at radius 3 is 2.59 bits per heavy atom. The van der Waals surface area contributed by atoms with Crippen molar-refractivity contribution in [2.24, 2.45) is 0 Å². The predicted molar refractivity (Wildman–Crippen MR) is 137 cm³/mol. The van der Waals surface area contributed by atoms with Crippen LogP contribution in [0.25, 0.3) is 0 Å². The predicted octanol–water partition coefficient (Wildman–Crippen LogP) is 6.11. The number of hydrogen-bond donors (Lipinski definition) is 0. The molecule has 3 aromatic rings. The van der Waals surface area contributed by atoms with Crippen molar-refractivity contribution in [1.29, 1.82) is 0 Å². The quantitative estimate of drug-likeness (QED) is 0.380. The highest BCUT2D eigenvalue weighted by molar-refractivity contribution is 7.10. The molecule has 1 aliphatic rings. The molecule has 34 heavy (non-hydrogen) atoms. The second kappa shape index (κ2) is 10.8. The molecule has 0 radical (unpaired) electrons. The summed E-state index contributed by atoms with van der Waals surface area (Å²) in [5.41, 5.74) is 1.58. The van der Waals surface area contributed by atoms with Gasteiger partial charge in [0.15, 0.2) is 0 Å². The van der Waals surface area contributed by atoms with E-state index >= 15 is 0 Å². The van der Waals surface area contributed by atoms with E-state index in [2.05, 4.69) is 11.4 Å². The zero-order valence-corrected chi connectivity index (χ0v) is 21.4. The van der Waals surface area contributed by atoms with E-state index in [0.717, 1.165) is 12.0 Å². The Morgan fingerprint density at radius 2 is 1.88 bits per heavy atom. The lowest BCUT2D eigenvalue weighted by molar-refractivity contribution is -0.136. The Hall–Kier alpha value is -2.54. The van der Waals surface area contributed by atoms with Gasteiger partial charge in [-0.2, -0.15) is 0 Å². The number of carbonyl (C=O) groups is 2. The van der Waals surface area contributed by atoms with E-state index in [1.54, 1.807) is 52.6 Å². The van der Waals surface area contributed by atoms with Crippen LogP contribution in [0.5, 0.6) is 5.75 Å². The first-order valence-electron chi connectivity index (χ1n) is 11.1.